The van der Waals surface area contributed by atoms with E-state index < -0.39 is 24.2 Å². The number of nitrogens with one attached hydrogen (secondary N) is 2. The number of ether oxygens (including phenoxy) is 3. The molecule has 11 heteroatoms. The molecule has 0 spiro atoms. The predicted octanol–water partition coefficient (Wildman–Crippen LogP) is 5.00. The van der Waals surface area contributed by atoms with Crippen LogP contribution in [-0.4, -0.2) is 80.7 Å². The molecule has 5 N–H and O–H groups in total. The van der Waals surface area contributed by atoms with Crippen LogP contribution in [0, 0.1) is 29.1 Å². The van der Waals surface area contributed by atoms with Gasteiger partial charge in [0.15, 0.2) is 0 Å². The molecule has 11 nitrogen and oxygen atoms in total. The van der Waals surface area contributed by atoms with Gasteiger partial charge < -0.3 is 35.7 Å². The zero-order valence-electron chi connectivity index (χ0n) is 31.6. The molecule has 1 heterocycles. The van der Waals surface area contributed by atoms with E-state index >= 15 is 0 Å². The Bertz CT molecular complexity index is 1670. The van der Waals surface area contributed by atoms with E-state index in [9.17, 15) is 14.7 Å². The molecule has 1 saturated heterocycles. The third kappa shape index (κ3) is 7.64. The van der Waals surface area contributed by atoms with Crippen LogP contribution in [0.5, 0.6) is 11.5 Å². The van der Waals surface area contributed by atoms with Crippen LogP contribution in [0.15, 0.2) is 73.0 Å². The standard InChI is InChI=1S/C41H56N4O7/c1-9-26(13-12-18-49-7)23-51-38-30(16-11-17-31(38)39(47)43-6)29-15-10-14-27(37(29)50-8)22-45-36(35(25(3)46)34(21-42)52-45)40(48)44-33-20-28-19-32(24(33)2)41(28,4)5/h9-18,24-25,28,32-36,46H,1,19-23,42H2,2-8H3,(H,43,47)(H,44,48)/b18-12+,26-13+/t24-,25-,28+,32-,33-,34-,35+,36-/m0/s1. The first kappa shape index (κ1) is 39.1. The molecule has 1 aliphatic heterocycles. The molecule has 6 rings (SSSR count). The number of fused-ring (bicyclic) bond motifs is 2. The zero-order valence-corrected chi connectivity index (χ0v) is 31.6. The van der Waals surface area contributed by atoms with Crippen molar-refractivity contribution in [3.8, 4) is 22.6 Å². The number of amides is 2. The second-order valence-corrected chi connectivity index (χ2v) is 14.8. The summed E-state index contributed by atoms with van der Waals surface area (Å²) in [5, 5.41) is 18.7. The van der Waals surface area contributed by atoms with E-state index in [2.05, 4.69) is 38.0 Å². The minimum atomic E-state index is -0.842. The van der Waals surface area contributed by atoms with Crippen LogP contribution in [0.4, 0.5) is 0 Å². The lowest BCUT2D eigenvalue weighted by atomic mass is 9.45. The van der Waals surface area contributed by atoms with Crippen molar-refractivity contribution in [2.24, 2.45) is 34.8 Å². The molecule has 282 valence electrons. The number of hydroxylamine groups is 2. The van der Waals surface area contributed by atoms with E-state index in [1.54, 1.807) is 63.8 Å². The molecule has 0 radical (unpaired) electrons. The lowest BCUT2D eigenvalue weighted by Gasteiger charge is -2.62. The molecule has 52 heavy (non-hydrogen) atoms. The Morgan fingerprint density at radius 1 is 1.15 bits per heavy atom. The summed E-state index contributed by atoms with van der Waals surface area (Å²) >= 11 is 0. The minimum Gasteiger partial charge on any atom is -0.504 e. The number of aliphatic hydroxyl groups excluding tert-OH is 1. The maximum Gasteiger partial charge on any atom is 0.254 e. The molecule has 4 aliphatic rings. The zero-order chi connectivity index (χ0) is 37.7. The van der Waals surface area contributed by atoms with Gasteiger partial charge >= 0.3 is 0 Å². The third-order valence-electron chi connectivity index (χ3n) is 11.7. The molecule has 2 bridgehead atoms. The molecule has 2 amide bonds. The monoisotopic (exact) mass is 716 g/mol. The molecule has 3 aliphatic carbocycles. The van der Waals surface area contributed by atoms with Crippen molar-refractivity contribution < 1.29 is 33.7 Å². The van der Waals surface area contributed by atoms with Gasteiger partial charge in [-0.05, 0) is 60.6 Å². The number of para-hydroxylation sites is 2. The Morgan fingerprint density at radius 2 is 1.87 bits per heavy atom. The Morgan fingerprint density at radius 3 is 2.46 bits per heavy atom. The fraction of sp³-hybridized carbons (Fsp3) is 0.512. The van der Waals surface area contributed by atoms with E-state index in [4.69, 9.17) is 24.8 Å². The Balaban J connectivity index is 1.48. The first-order valence-corrected chi connectivity index (χ1v) is 18.2. The van der Waals surface area contributed by atoms with Crippen molar-refractivity contribution in [1.29, 1.82) is 0 Å². The largest absolute Gasteiger partial charge is 0.504 e. The first-order valence-electron chi connectivity index (χ1n) is 18.2. The van der Waals surface area contributed by atoms with Crippen LogP contribution in [0.2, 0.25) is 0 Å². The maximum absolute atomic E-state index is 14.3. The van der Waals surface area contributed by atoms with Gasteiger partial charge in [-0.25, -0.2) is 0 Å². The summed E-state index contributed by atoms with van der Waals surface area (Å²) in [7, 11) is 4.72. The Hall–Kier alpha value is -4.16. The molecular weight excluding hydrogens is 660 g/mol. The predicted molar refractivity (Wildman–Crippen MR) is 201 cm³/mol. The summed E-state index contributed by atoms with van der Waals surface area (Å²) in [5.74, 6) is 1.36. The van der Waals surface area contributed by atoms with Crippen molar-refractivity contribution in [3.05, 3.63) is 84.2 Å². The number of nitrogens with two attached hydrogens (primary N) is 1. The lowest BCUT2D eigenvalue weighted by Crippen LogP contribution is -2.62. The fourth-order valence-corrected chi connectivity index (χ4v) is 8.65. The van der Waals surface area contributed by atoms with Crippen LogP contribution in [0.1, 0.15) is 56.5 Å². The van der Waals surface area contributed by atoms with Gasteiger partial charge in [0, 0.05) is 42.2 Å². The van der Waals surface area contributed by atoms with Gasteiger partial charge in [-0.1, -0.05) is 69.8 Å². The van der Waals surface area contributed by atoms with Crippen LogP contribution >= 0.6 is 0 Å². The molecule has 0 aromatic heterocycles. The number of methoxy groups -OCH3 is 2. The molecule has 0 unspecified atom stereocenters. The summed E-state index contributed by atoms with van der Waals surface area (Å²) in [6.07, 6.45) is 7.52. The van der Waals surface area contributed by atoms with Crippen molar-refractivity contribution in [3.63, 3.8) is 0 Å². The second kappa shape index (κ2) is 16.7. The quantitative estimate of drug-likeness (QED) is 0.148. The highest BCUT2D eigenvalue weighted by atomic mass is 16.7. The molecule has 4 fully saturated rings. The molecule has 8 atom stereocenters. The minimum absolute atomic E-state index is 0.0500. The van der Waals surface area contributed by atoms with Crippen LogP contribution < -0.4 is 25.8 Å². The van der Waals surface area contributed by atoms with E-state index in [0.717, 1.165) is 17.6 Å². The number of carbonyl (C=O) groups excluding carboxylic acids is 2. The summed E-state index contributed by atoms with van der Waals surface area (Å²) in [5.41, 5.74) is 9.64. The van der Waals surface area contributed by atoms with Crippen molar-refractivity contribution in [2.45, 2.75) is 71.4 Å². The highest BCUT2D eigenvalue weighted by Crippen LogP contribution is 2.61. The van der Waals surface area contributed by atoms with Gasteiger partial charge in [-0.2, -0.15) is 5.06 Å². The first-order chi connectivity index (χ1) is 24.9. The Labute approximate surface area is 308 Å². The van der Waals surface area contributed by atoms with Gasteiger partial charge in [0.05, 0.1) is 44.8 Å². The summed E-state index contributed by atoms with van der Waals surface area (Å²) < 4.78 is 17.4. The highest BCUT2D eigenvalue weighted by Gasteiger charge is 2.57. The van der Waals surface area contributed by atoms with Crippen LogP contribution in [0.25, 0.3) is 11.1 Å². The van der Waals surface area contributed by atoms with Crippen molar-refractivity contribution >= 4 is 11.8 Å². The number of allylic oxidation sites excluding steroid dienone is 2. The number of rotatable bonds is 15. The number of aliphatic hydroxyl groups is 1. The summed E-state index contributed by atoms with van der Waals surface area (Å²) in [4.78, 5) is 33.7. The highest BCUT2D eigenvalue weighted by molar-refractivity contribution is 5.99. The van der Waals surface area contributed by atoms with Gasteiger partial charge in [-0.3, -0.25) is 14.4 Å². The lowest BCUT2D eigenvalue weighted by molar-refractivity contribution is -0.175. The van der Waals surface area contributed by atoms with Gasteiger partial charge in [0.25, 0.3) is 5.91 Å². The fourth-order valence-electron chi connectivity index (χ4n) is 8.65. The van der Waals surface area contributed by atoms with Crippen LogP contribution in [0.3, 0.4) is 0 Å². The average Bonchev–Trinajstić information content (AvgIpc) is 3.51. The molecular formula is C41H56N4O7. The SMILES string of the molecule is C=C/C(=C\C=C\OC)COc1c(C(=O)NC)cccc1-c1cccc(CN2O[C@@H](CN)[C@@H]([C@H](C)O)[C@H]2C(=O)N[C@H]2C[C@H]3C[C@@H]([C@@H]2C)C3(C)C)c1OC. The van der Waals surface area contributed by atoms with Gasteiger partial charge in [0.2, 0.25) is 5.91 Å². The van der Waals surface area contributed by atoms with Gasteiger partial charge in [-0.15, -0.1) is 0 Å². The smallest absolute Gasteiger partial charge is 0.254 e. The molecule has 2 aromatic rings. The number of hydrogen-bond donors (Lipinski definition) is 4. The maximum atomic E-state index is 14.3. The van der Waals surface area contributed by atoms with E-state index in [-0.39, 0.29) is 43.0 Å². The number of hydrogen-bond acceptors (Lipinski definition) is 9. The van der Waals surface area contributed by atoms with Crippen LogP contribution in [-0.2, 0) is 20.9 Å². The number of benzene rings is 2. The molecule has 2 aromatic carbocycles. The van der Waals surface area contributed by atoms with Crippen molar-refractivity contribution in [1.82, 2.24) is 15.7 Å². The second-order valence-electron chi connectivity index (χ2n) is 14.8. The number of carbonyl (C=O) groups is 2. The number of nitrogens with zero attached hydrogens (tertiary/aromatic N) is 1. The topological polar surface area (TPSA) is 145 Å². The normalized spacial score (nSPS) is 27.4. The Kier molecular flexibility index (Phi) is 12.5. The summed E-state index contributed by atoms with van der Waals surface area (Å²) in [6.45, 7) is 13.0. The van der Waals surface area contributed by atoms with E-state index in [1.807, 2.05) is 30.3 Å². The summed E-state index contributed by atoms with van der Waals surface area (Å²) in [6, 6.07) is 10.3. The van der Waals surface area contributed by atoms with Gasteiger partial charge in [0.1, 0.15) is 24.1 Å². The third-order valence-corrected chi connectivity index (χ3v) is 11.7. The van der Waals surface area contributed by atoms with E-state index in [1.165, 1.54) is 6.42 Å². The average molecular weight is 717 g/mol. The van der Waals surface area contributed by atoms with E-state index in [0.29, 0.717) is 45.9 Å². The molecule has 3 saturated carbocycles. The van der Waals surface area contributed by atoms with Crippen molar-refractivity contribution in [2.75, 3.05) is 34.4 Å².